The first-order valence-corrected chi connectivity index (χ1v) is 5.64. The average molecular weight is 265 g/mol. The lowest BCUT2D eigenvalue weighted by molar-refractivity contribution is 0.0695. The van der Waals surface area contributed by atoms with Gasteiger partial charge in [0.1, 0.15) is 17.1 Å². The molecule has 2 N–H and O–H groups in total. The summed E-state index contributed by atoms with van der Waals surface area (Å²) < 4.78 is 5.22. The molecule has 0 aliphatic rings. The summed E-state index contributed by atoms with van der Waals surface area (Å²) in [5.41, 5.74) is 0.0853. The van der Waals surface area contributed by atoms with Crippen molar-refractivity contribution in [3.8, 4) is 6.07 Å². The molecule has 1 rings (SSSR count). The molecule has 0 saturated carbocycles. The van der Waals surface area contributed by atoms with Crippen molar-refractivity contribution in [2.45, 2.75) is 19.9 Å². The van der Waals surface area contributed by atoms with Crippen molar-refractivity contribution < 1.29 is 19.1 Å². The van der Waals surface area contributed by atoms with Gasteiger partial charge in [0.15, 0.2) is 0 Å². The number of aryl methyl sites for hydroxylation is 1. The van der Waals surface area contributed by atoms with Crippen LogP contribution in [0.1, 0.15) is 28.3 Å². The lowest BCUT2D eigenvalue weighted by Gasteiger charge is -2.15. The summed E-state index contributed by atoms with van der Waals surface area (Å²) in [7, 11) is 1.57. The van der Waals surface area contributed by atoms with E-state index in [1.807, 2.05) is 6.07 Å². The zero-order valence-corrected chi connectivity index (χ0v) is 10.8. The van der Waals surface area contributed by atoms with Crippen LogP contribution < -0.4 is 5.32 Å². The highest BCUT2D eigenvalue weighted by molar-refractivity contribution is 5.88. The fraction of sp³-hybridized carbons (Fsp3) is 0.417. The van der Waals surface area contributed by atoms with Gasteiger partial charge in [-0.05, 0) is 13.0 Å². The van der Waals surface area contributed by atoms with Gasteiger partial charge in [-0.25, -0.2) is 9.59 Å². The van der Waals surface area contributed by atoms with Gasteiger partial charge in [-0.15, -0.1) is 0 Å². The Hall–Kier alpha value is -2.49. The molecule has 0 aliphatic carbocycles. The maximum atomic E-state index is 11.6. The number of carboxylic acids is 1. The highest BCUT2D eigenvalue weighted by Crippen LogP contribution is 2.14. The fourth-order valence-electron chi connectivity index (χ4n) is 1.46. The SMILES string of the molecule is Cc1oc(CNC(=O)N(C)CCC#N)cc1C(=O)O. The maximum absolute atomic E-state index is 11.6. The molecule has 0 fully saturated rings. The van der Waals surface area contributed by atoms with Crippen LogP contribution in [-0.4, -0.2) is 35.6 Å². The van der Waals surface area contributed by atoms with Gasteiger partial charge in [-0.1, -0.05) is 0 Å². The number of carbonyl (C=O) groups is 2. The molecule has 2 amide bonds. The molecular formula is C12H15N3O4. The van der Waals surface area contributed by atoms with Gasteiger partial charge >= 0.3 is 12.0 Å². The molecule has 1 aromatic rings. The van der Waals surface area contributed by atoms with Gasteiger partial charge in [-0.2, -0.15) is 5.26 Å². The minimum atomic E-state index is -1.06. The summed E-state index contributed by atoms with van der Waals surface area (Å²) in [6.45, 7) is 1.98. The first-order chi connectivity index (χ1) is 8.95. The van der Waals surface area contributed by atoms with Crippen LogP contribution in [0.25, 0.3) is 0 Å². The van der Waals surface area contributed by atoms with Crippen LogP contribution in [-0.2, 0) is 6.54 Å². The van der Waals surface area contributed by atoms with Crippen molar-refractivity contribution in [2.75, 3.05) is 13.6 Å². The molecule has 0 aliphatic heterocycles. The van der Waals surface area contributed by atoms with E-state index in [-0.39, 0.29) is 24.6 Å². The number of rotatable bonds is 5. The molecule has 102 valence electrons. The quantitative estimate of drug-likeness (QED) is 0.835. The number of amides is 2. The molecule has 7 heteroatoms. The van der Waals surface area contributed by atoms with Crippen LogP contribution in [0.3, 0.4) is 0 Å². The van der Waals surface area contributed by atoms with Crippen molar-refractivity contribution in [3.63, 3.8) is 0 Å². The highest BCUT2D eigenvalue weighted by Gasteiger charge is 2.14. The van der Waals surface area contributed by atoms with Crippen molar-refractivity contribution in [3.05, 3.63) is 23.2 Å². The Bertz CT molecular complexity index is 516. The van der Waals surface area contributed by atoms with E-state index >= 15 is 0 Å². The Morgan fingerprint density at radius 1 is 1.58 bits per heavy atom. The van der Waals surface area contributed by atoms with Gasteiger partial charge < -0.3 is 19.7 Å². The van der Waals surface area contributed by atoms with Crippen LogP contribution in [0.2, 0.25) is 0 Å². The third-order valence-electron chi connectivity index (χ3n) is 2.52. The van der Waals surface area contributed by atoms with E-state index in [4.69, 9.17) is 14.8 Å². The van der Waals surface area contributed by atoms with Gasteiger partial charge in [-0.3, -0.25) is 0 Å². The number of nitrogens with one attached hydrogen (secondary N) is 1. The highest BCUT2D eigenvalue weighted by atomic mass is 16.4. The van der Waals surface area contributed by atoms with Crippen molar-refractivity contribution in [2.24, 2.45) is 0 Å². The number of nitriles is 1. The fourth-order valence-corrected chi connectivity index (χ4v) is 1.46. The Morgan fingerprint density at radius 3 is 2.79 bits per heavy atom. The molecule has 0 aromatic carbocycles. The molecular weight excluding hydrogens is 250 g/mol. The number of carboxylic acid groups (broad SMARTS) is 1. The molecule has 0 radical (unpaired) electrons. The first-order valence-electron chi connectivity index (χ1n) is 5.64. The monoisotopic (exact) mass is 265 g/mol. The Balaban J connectivity index is 2.53. The summed E-state index contributed by atoms with van der Waals surface area (Å²) in [5.74, 6) is -0.392. The number of aromatic carboxylic acids is 1. The number of hydrogen-bond acceptors (Lipinski definition) is 4. The van der Waals surface area contributed by atoms with Gasteiger partial charge in [0, 0.05) is 13.6 Å². The van der Waals surface area contributed by atoms with Crippen LogP contribution in [0.4, 0.5) is 4.79 Å². The molecule has 0 atom stereocenters. The lowest BCUT2D eigenvalue weighted by Crippen LogP contribution is -2.37. The predicted octanol–water partition coefficient (Wildman–Crippen LogP) is 1.34. The summed E-state index contributed by atoms with van der Waals surface area (Å²) in [4.78, 5) is 23.8. The predicted molar refractivity (Wildman–Crippen MR) is 65.5 cm³/mol. The third kappa shape index (κ3) is 4.03. The van der Waals surface area contributed by atoms with Crippen molar-refractivity contribution in [1.29, 1.82) is 5.26 Å². The minimum absolute atomic E-state index is 0.0853. The van der Waals surface area contributed by atoms with E-state index < -0.39 is 5.97 Å². The minimum Gasteiger partial charge on any atom is -0.478 e. The van der Waals surface area contributed by atoms with E-state index in [0.29, 0.717) is 18.1 Å². The molecule has 1 heterocycles. The van der Waals surface area contributed by atoms with Crippen LogP contribution in [0.5, 0.6) is 0 Å². The molecule has 0 unspecified atom stereocenters. The van der Waals surface area contributed by atoms with Crippen molar-refractivity contribution >= 4 is 12.0 Å². The van der Waals surface area contributed by atoms with Crippen molar-refractivity contribution in [1.82, 2.24) is 10.2 Å². The standard InChI is InChI=1S/C12H15N3O4/c1-8-10(11(16)17)6-9(19-8)7-14-12(18)15(2)5-3-4-13/h6H,3,5,7H2,1-2H3,(H,14,18)(H,16,17). The van der Waals surface area contributed by atoms with E-state index in [2.05, 4.69) is 5.32 Å². The second-order valence-corrected chi connectivity index (χ2v) is 3.98. The molecule has 7 nitrogen and oxygen atoms in total. The number of urea groups is 1. The van der Waals surface area contributed by atoms with E-state index in [9.17, 15) is 9.59 Å². The van der Waals surface area contributed by atoms with E-state index in [0.717, 1.165) is 0 Å². The summed E-state index contributed by atoms with van der Waals surface area (Å²) in [5, 5.41) is 19.8. The zero-order valence-electron chi connectivity index (χ0n) is 10.8. The first kappa shape index (κ1) is 14.6. The lowest BCUT2D eigenvalue weighted by atomic mass is 10.2. The van der Waals surface area contributed by atoms with Gasteiger partial charge in [0.2, 0.25) is 0 Å². The second kappa shape index (κ2) is 6.44. The number of nitrogens with zero attached hydrogens (tertiary/aromatic N) is 2. The van der Waals surface area contributed by atoms with Crippen LogP contribution in [0.15, 0.2) is 10.5 Å². The van der Waals surface area contributed by atoms with Crippen LogP contribution >= 0.6 is 0 Å². The van der Waals surface area contributed by atoms with E-state index in [1.165, 1.54) is 11.0 Å². The molecule has 19 heavy (non-hydrogen) atoms. The normalized spacial score (nSPS) is 9.74. The Morgan fingerprint density at radius 2 is 2.26 bits per heavy atom. The topological polar surface area (TPSA) is 107 Å². The van der Waals surface area contributed by atoms with Gasteiger partial charge in [0.25, 0.3) is 0 Å². The van der Waals surface area contributed by atoms with Crippen LogP contribution in [0, 0.1) is 18.3 Å². The Labute approximate surface area is 110 Å². The third-order valence-corrected chi connectivity index (χ3v) is 2.52. The summed E-state index contributed by atoms with van der Waals surface area (Å²) in [6, 6.07) is 2.98. The molecule has 1 aromatic heterocycles. The smallest absolute Gasteiger partial charge is 0.339 e. The zero-order chi connectivity index (χ0) is 14.4. The number of hydrogen-bond donors (Lipinski definition) is 2. The molecule has 0 spiro atoms. The summed E-state index contributed by atoms with van der Waals surface area (Å²) >= 11 is 0. The number of carbonyl (C=O) groups excluding carboxylic acids is 1. The summed E-state index contributed by atoms with van der Waals surface area (Å²) in [6.07, 6.45) is 0.257. The van der Waals surface area contributed by atoms with E-state index in [1.54, 1.807) is 14.0 Å². The number of furan rings is 1. The molecule has 0 saturated heterocycles. The maximum Gasteiger partial charge on any atom is 0.339 e. The Kier molecular flexibility index (Phi) is 4.94. The van der Waals surface area contributed by atoms with Gasteiger partial charge in [0.05, 0.1) is 19.0 Å². The largest absolute Gasteiger partial charge is 0.478 e. The molecule has 0 bridgehead atoms. The second-order valence-electron chi connectivity index (χ2n) is 3.98. The average Bonchev–Trinajstić information content (AvgIpc) is 2.74.